The predicted octanol–water partition coefficient (Wildman–Crippen LogP) is 2.92. The van der Waals surface area contributed by atoms with Crippen LogP contribution in [-0.4, -0.2) is 35.9 Å². The van der Waals surface area contributed by atoms with E-state index in [1.807, 2.05) is 0 Å². The Hall–Kier alpha value is -1.73. The lowest BCUT2D eigenvalue weighted by atomic mass is 10.2. The molecule has 0 radical (unpaired) electrons. The first-order valence-electron chi connectivity index (χ1n) is 7.54. The van der Waals surface area contributed by atoms with Gasteiger partial charge in [-0.05, 0) is 24.1 Å². The lowest BCUT2D eigenvalue weighted by molar-refractivity contribution is -0.122. The molecule has 1 atom stereocenters. The second kappa shape index (κ2) is 8.39. The molecular weight excluding hydrogens is 350 g/mol. The average Bonchev–Trinajstić information content (AvgIpc) is 2.85. The van der Waals surface area contributed by atoms with E-state index in [9.17, 15) is 9.59 Å². The quantitative estimate of drug-likeness (QED) is 0.808. The zero-order valence-electron chi connectivity index (χ0n) is 13.8. The fraction of sp³-hybridized carbons (Fsp3) is 0.438. The Morgan fingerprint density at radius 2 is 2.25 bits per heavy atom. The highest BCUT2D eigenvalue weighted by atomic mass is 35.5. The second-order valence-corrected chi connectivity index (χ2v) is 7.34. The fourth-order valence-corrected chi connectivity index (χ4v) is 3.24. The van der Waals surface area contributed by atoms with E-state index in [0.29, 0.717) is 34.1 Å². The molecule has 2 N–H and O–H groups in total. The Labute approximate surface area is 150 Å². The molecule has 1 aliphatic rings. The summed E-state index contributed by atoms with van der Waals surface area (Å²) in [5.74, 6) is 0.503. The van der Waals surface area contributed by atoms with E-state index in [2.05, 4.69) is 29.5 Å². The van der Waals surface area contributed by atoms with Crippen molar-refractivity contribution in [2.75, 3.05) is 19.0 Å². The van der Waals surface area contributed by atoms with Crippen LogP contribution >= 0.6 is 23.4 Å². The fourth-order valence-electron chi connectivity index (χ4n) is 2.00. The monoisotopic (exact) mass is 369 g/mol. The van der Waals surface area contributed by atoms with Gasteiger partial charge in [-0.2, -0.15) is 0 Å². The van der Waals surface area contributed by atoms with Crippen molar-refractivity contribution in [1.82, 2.24) is 5.32 Å². The molecule has 2 rings (SSSR count). The summed E-state index contributed by atoms with van der Waals surface area (Å²) in [6.07, 6.45) is 0.0703. The topological polar surface area (TPSA) is 79.8 Å². The highest BCUT2D eigenvalue weighted by molar-refractivity contribution is 8.15. The molecule has 0 spiro atoms. The number of ether oxygens (including phenoxy) is 1. The van der Waals surface area contributed by atoms with Gasteiger partial charge in [-0.1, -0.05) is 37.2 Å². The first-order chi connectivity index (χ1) is 11.4. The average molecular weight is 370 g/mol. The number of carbonyl (C=O) groups is 2. The number of hydrogen-bond acceptors (Lipinski definition) is 5. The smallest absolute Gasteiger partial charge is 0.240 e. The molecule has 6 nitrogen and oxygen atoms in total. The molecule has 2 amide bonds. The number of anilines is 1. The number of benzene rings is 1. The molecule has 1 aliphatic heterocycles. The molecule has 1 aromatic rings. The van der Waals surface area contributed by atoms with Gasteiger partial charge in [-0.3, -0.25) is 14.6 Å². The minimum absolute atomic E-state index is 0.0703. The third kappa shape index (κ3) is 5.14. The number of rotatable bonds is 6. The number of nitrogens with one attached hydrogen (secondary N) is 2. The summed E-state index contributed by atoms with van der Waals surface area (Å²) in [5.41, 5.74) is 0.558. The maximum Gasteiger partial charge on any atom is 0.240 e. The van der Waals surface area contributed by atoms with Crippen molar-refractivity contribution < 1.29 is 14.3 Å². The molecule has 1 saturated heterocycles. The summed E-state index contributed by atoms with van der Waals surface area (Å²) >= 11 is 7.32. The Morgan fingerprint density at radius 1 is 1.50 bits per heavy atom. The molecule has 1 aromatic carbocycles. The number of thioether (sulfide) groups is 1. The maximum absolute atomic E-state index is 12.1. The Balaban J connectivity index is 1.91. The Bertz CT molecular complexity index is 664. The molecular formula is C16H20ClN3O3S. The van der Waals surface area contributed by atoms with E-state index in [4.69, 9.17) is 16.3 Å². The molecule has 0 aliphatic carbocycles. The third-order valence-corrected chi connectivity index (χ3v) is 4.60. The molecule has 1 fully saturated rings. The van der Waals surface area contributed by atoms with Gasteiger partial charge in [0.25, 0.3) is 0 Å². The zero-order chi connectivity index (χ0) is 17.7. The number of carbonyl (C=O) groups excluding carboxylic acids is 2. The predicted molar refractivity (Wildman–Crippen MR) is 97.9 cm³/mol. The van der Waals surface area contributed by atoms with Crippen molar-refractivity contribution in [1.29, 1.82) is 0 Å². The number of methoxy groups -OCH3 is 1. The molecule has 0 bridgehead atoms. The zero-order valence-corrected chi connectivity index (χ0v) is 15.3. The van der Waals surface area contributed by atoms with Gasteiger partial charge in [0, 0.05) is 18.7 Å². The van der Waals surface area contributed by atoms with Gasteiger partial charge in [-0.25, -0.2) is 0 Å². The van der Waals surface area contributed by atoms with Crippen LogP contribution in [0.1, 0.15) is 20.3 Å². The van der Waals surface area contributed by atoms with Crippen molar-refractivity contribution in [2.45, 2.75) is 25.5 Å². The third-order valence-electron chi connectivity index (χ3n) is 3.18. The van der Waals surface area contributed by atoms with Crippen LogP contribution in [0.3, 0.4) is 0 Å². The minimum atomic E-state index is -0.468. The summed E-state index contributed by atoms with van der Waals surface area (Å²) in [4.78, 5) is 28.4. The second-order valence-electron chi connectivity index (χ2n) is 5.74. The van der Waals surface area contributed by atoms with Gasteiger partial charge in [0.15, 0.2) is 5.17 Å². The van der Waals surface area contributed by atoms with Crippen molar-refractivity contribution in [2.24, 2.45) is 10.9 Å². The van der Waals surface area contributed by atoms with Crippen LogP contribution in [-0.2, 0) is 9.59 Å². The number of aliphatic imine (C=N–C) groups is 1. The van der Waals surface area contributed by atoms with Gasteiger partial charge in [-0.15, -0.1) is 0 Å². The minimum Gasteiger partial charge on any atom is -0.495 e. The van der Waals surface area contributed by atoms with Gasteiger partial charge in [0.2, 0.25) is 11.8 Å². The first-order valence-corrected chi connectivity index (χ1v) is 8.80. The van der Waals surface area contributed by atoms with Crippen LogP contribution in [0.4, 0.5) is 5.69 Å². The highest BCUT2D eigenvalue weighted by Gasteiger charge is 2.32. The van der Waals surface area contributed by atoms with Crippen LogP contribution in [0.5, 0.6) is 5.75 Å². The lowest BCUT2D eigenvalue weighted by Crippen LogP contribution is -2.28. The molecule has 0 aromatic heterocycles. The lowest BCUT2D eigenvalue weighted by Gasteiger charge is -2.09. The summed E-state index contributed by atoms with van der Waals surface area (Å²) < 4.78 is 5.06. The van der Waals surface area contributed by atoms with Gasteiger partial charge < -0.3 is 15.4 Å². The van der Waals surface area contributed by atoms with E-state index >= 15 is 0 Å². The number of amides is 2. The van der Waals surface area contributed by atoms with Gasteiger partial charge in [0.05, 0.1) is 12.1 Å². The summed E-state index contributed by atoms with van der Waals surface area (Å²) in [6, 6.07) is 4.97. The van der Waals surface area contributed by atoms with Crippen molar-refractivity contribution in [3.8, 4) is 5.75 Å². The number of hydrogen-bond donors (Lipinski definition) is 2. The van der Waals surface area contributed by atoms with E-state index in [0.717, 1.165) is 0 Å². The number of amidine groups is 1. The Morgan fingerprint density at radius 3 is 2.88 bits per heavy atom. The standard InChI is InChI=1S/C16H20ClN3O3S/c1-9(2)8-18-16-20-15(22)13(24-16)7-14(21)19-10-4-5-12(23-3)11(17)6-10/h4-6,9,13H,7-8H2,1-3H3,(H,19,21)(H,18,20,22)/t13-/m0/s1. The van der Waals surface area contributed by atoms with Gasteiger partial charge >= 0.3 is 0 Å². The highest BCUT2D eigenvalue weighted by Crippen LogP contribution is 2.28. The van der Waals surface area contributed by atoms with E-state index < -0.39 is 5.25 Å². The van der Waals surface area contributed by atoms with Crippen LogP contribution < -0.4 is 15.4 Å². The molecule has 1 heterocycles. The van der Waals surface area contributed by atoms with Crippen LogP contribution in [0.2, 0.25) is 5.02 Å². The molecule has 0 saturated carbocycles. The normalized spacial score (nSPS) is 18.8. The number of nitrogens with zero attached hydrogens (tertiary/aromatic N) is 1. The van der Waals surface area contributed by atoms with Crippen molar-refractivity contribution in [3.63, 3.8) is 0 Å². The first kappa shape index (κ1) is 18.6. The molecule has 8 heteroatoms. The van der Waals surface area contributed by atoms with Crippen LogP contribution in [0.25, 0.3) is 0 Å². The van der Waals surface area contributed by atoms with Gasteiger partial charge in [0.1, 0.15) is 11.0 Å². The molecule has 130 valence electrons. The summed E-state index contributed by atoms with van der Waals surface area (Å²) in [7, 11) is 1.52. The van der Waals surface area contributed by atoms with E-state index in [1.165, 1.54) is 18.9 Å². The van der Waals surface area contributed by atoms with E-state index in [1.54, 1.807) is 18.2 Å². The largest absolute Gasteiger partial charge is 0.495 e. The molecule has 24 heavy (non-hydrogen) atoms. The SMILES string of the molecule is COc1ccc(NC(=O)C[C@@H]2SC(=NCC(C)C)NC2=O)cc1Cl. The summed E-state index contributed by atoms with van der Waals surface area (Å²) in [6.45, 7) is 4.75. The van der Waals surface area contributed by atoms with Crippen LogP contribution in [0, 0.1) is 5.92 Å². The Kier molecular flexibility index (Phi) is 6.51. The van der Waals surface area contributed by atoms with Crippen molar-refractivity contribution in [3.05, 3.63) is 23.2 Å². The maximum atomic E-state index is 12.1. The summed E-state index contributed by atoms with van der Waals surface area (Å²) in [5, 5.41) is 5.97. The van der Waals surface area contributed by atoms with Crippen molar-refractivity contribution >= 4 is 46.0 Å². The molecule has 0 unspecified atom stereocenters. The number of halogens is 1. The van der Waals surface area contributed by atoms with Crippen LogP contribution in [0.15, 0.2) is 23.2 Å². The van der Waals surface area contributed by atoms with E-state index in [-0.39, 0.29) is 18.2 Å².